The minimum atomic E-state index is -4.60. The van der Waals surface area contributed by atoms with E-state index in [2.05, 4.69) is 4.98 Å². The fraction of sp³-hybridized carbons (Fsp3) is 0.0714. The van der Waals surface area contributed by atoms with Crippen LogP contribution in [0.5, 0.6) is 5.75 Å². The summed E-state index contributed by atoms with van der Waals surface area (Å²) < 4.78 is 37.0. The zero-order chi connectivity index (χ0) is 14.3. The van der Waals surface area contributed by atoms with Gasteiger partial charge < -0.3 is 5.11 Å². The van der Waals surface area contributed by atoms with Gasteiger partial charge in [0.2, 0.25) is 0 Å². The number of anilines is 1. The summed E-state index contributed by atoms with van der Waals surface area (Å²) in [5.74, 6) is -0.460. The molecule has 1 heterocycles. The van der Waals surface area contributed by atoms with Crippen molar-refractivity contribution in [2.75, 3.05) is 5.32 Å². The average Bonchev–Trinajstić information content (AvgIpc) is 2.39. The fourth-order valence-corrected chi connectivity index (χ4v) is 2.09. The molecule has 0 bridgehead atoms. The second kappa shape index (κ2) is 4.26. The van der Waals surface area contributed by atoms with Crippen molar-refractivity contribution in [3.8, 4) is 5.75 Å². The molecule has 0 spiro atoms. The molecule has 1 aromatic heterocycles. The molecule has 0 aliphatic heterocycles. The highest BCUT2D eigenvalue weighted by Crippen LogP contribution is 2.35. The van der Waals surface area contributed by atoms with E-state index in [0.29, 0.717) is 5.52 Å². The molecule has 0 radical (unpaired) electrons. The molecule has 0 amide bonds. The van der Waals surface area contributed by atoms with Crippen LogP contribution in [0.3, 0.4) is 0 Å². The number of hydrogen-bond donors (Lipinski definition) is 2. The summed E-state index contributed by atoms with van der Waals surface area (Å²) in [6.07, 6.45) is -4.60. The lowest BCUT2D eigenvalue weighted by atomic mass is 10.1. The van der Waals surface area contributed by atoms with Crippen molar-refractivity contribution in [2.45, 2.75) is 6.30 Å². The molecule has 102 valence electrons. The number of benzene rings is 2. The Bertz CT molecular complexity index is 799. The molecule has 3 rings (SSSR count). The number of phenols is 1. The molecular formula is C14H9F3N2O. The van der Waals surface area contributed by atoms with E-state index in [0.717, 1.165) is 17.0 Å². The van der Waals surface area contributed by atoms with E-state index in [9.17, 15) is 18.3 Å². The molecule has 0 fully saturated rings. The third kappa shape index (κ3) is 2.20. The van der Waals surface area contributed by atoms with Gasteiger partial charge >= 0.3 is 6.30 Å². The largest absolute Gasteiger partial charge is 0.505 e. The van der Waals surface area contributed by atoms with Crippen molar-refractivity contribution in [1.82, 2.24) is 4.98 Å². The van der Waals surface area contributed by atoms with Crippen LogP contribution in [0.25, 0.3) is 21.8 Å². The SMILES string of the molecule is Oc1c(NC(F)(F)F)ccc2nc3ccccc3cc12. The standard InChI is InChI=1S/C14H9F3N2O/c15-14(16,17)19-12-6-5-11-9(13(12)20)7-8-3-1-2-4-10(8)18-11/h1-7,19-20H. The Morgan fingerprint density at radius 3 is 2.50 bits per heavy atom. The molecule has 0 aliphatic carbocycles. The van der Waals surface area contributed by atoms with E-state index in [4.69, 9.17) is 0 Å². The van der Waals surface area contributed by atoms with Crippen LogP contribution in [0.15, 0.2) is 42.5 Å². The van der Waals surface area contributed by atoms with Crippen LogP contribution in [-0.2, 0) is 0 Å². The molecule has 2 aromatic carbocycles. The van der Waals surface area contributed by atoms with E-state index < -0.39 is 12.0 Å². The number of pyridine rings is 1. The zero-order valence-electron chi connectivity index (χ0n) is 10.1. The summed E-state index contributed by atoms with van der Waals surface area (Å²) in [5, 5.41) is 12.3. The number of aromatic hydroxyl groups is 1. The summed E-state index contributed by atoms with van der Waals surface area (Å²) in [6.45, 7) is 0. The highest BCUT2D eigenvalue weighted by Gasteiger charge is 2.28. The number of hydrogen-bond acceptors (Lipinski definition) is 3. The predicted octanol–water partition coefficient (Wildman–Crippen LogP) is 4.03. The number of halogens is 3. The normalized spacial score (nSPS) is 11.9. The van der Waals surface area contributed by atoms with Gasteiger partial charge in [0.1, 0.15) is 5.75 Å². The molecule has 6 heteroatoms. The molecule has 20 heavy (non-hydrogen) atoms. The smallest absolute Gasteiger partial charge is 0.482 e. The highest BCUT2D eigenvalue weighted by molar-refractivity contribution is 5.98. The van der Waals surface area contributed by atoms with Crippen LogP contribution < -0.4 is 5.32 Å². The minimum absolute atomic E-state index is 0.276. The Hall–Kier alpha value is -2.50. The Morgan fingerprint density at radius 2 is 1.75 bits per heavy atom. The van der Waals surface area contributed by atoms with E-state index in [1.165, 1.54) is 11.4 Å². The van der Waals surface area contributed by atoms with Gasteiger partial charge in [-0.05, 0) is 24.3 Å². The Morgan fingerprint density at radius 1 is 1.00 bits per heavy atom. The van der Waals surface area contributed by atoms with Crippen molar-refractivity contribution >= 4 is 27.5 Å². The van der Waals surface area contributed by atoms with Gasteiger partial charge in [-0.3, -0.25) is 5.32 Å². The number of alkyl halides is 3. The van der Waals surface area contributed by atoms with E-state index in [-0.39, 0.29) is 11.1 Å². The second-order valence-electron chi connectivity index (χ2n) is 4.33. The van der Waals surface area contributed by atoms with Gasteiger partial charge in [-0.1, -0.05) is 18.2 Å². The topological polar surface area (TPSA) is 45.1 Å². The second-order valence-corrected chi connectivity index (χ2v) is 4.33. The van der Waals surface area contributed by atoms with Crippen molar-refractivity contribution in [1.29, 1.82) is 0 Å². The van der Waals surface area contributed by atoms with E-state index in [1.807, 2.05) is 6.07 Å². The number of aromatic nitrogens is 1. The molecular weight excluding hydrogens is 269 g/mol. The zero-order valence-corrected chi connectivity index (χ0v) is 10.1. The summed E-state index contributed by atoms with van der Waals surface area (Å²) in [6, 6.07) is 11.4. The maximum Gasteiger partial charge on any atom is 0.482 e. The molecule has 0 atom stereocenters. The third-order valence-electron chi connectivity index (χ3n) is 2.95. The Labute approximate surface area is 111 Å². The lowest BCUT2D eigenvalue weighted by Crippen LogP contribution is -2.20. The summed E-state index contributed by atoms with van der Waals surface area (Å²) in [7, 11) is 0. The minimum Gasteiger partial charge on any atom is -0.505 e. The van der Waals surface area contributed by atoms with Gasteiger partial charge in [-0.15, -0.1) is 0 Å². The van der Waals surface area contributed by atoms with Crippen molar-refractivity contribution in [3.63, 3.8) is 0 Å². The van der Waals surface area contributed by atoms with Gasteiger partial charge in [0.05, 0.1) is 16.7 Å². The molecule has 0 saturated carbocycles. The van der Waals surface area contributed by atoms with Gasteiger partial charge in [-0.25, -0.2) is 4.98 Å². The molecule has 3 aromatic rings. The summed E-state index contributed by atoms with van der Waals surface area (Å²) in [5.41, 5.74) is 0.770. The lowest BCUT2D eigenvalue weighted by Gasteiger charge is -2.13. The Kier molecular flexibility index (Phi) is 2.67. The average molecular weight is 278 g/mol. The summed E-state index contributed by atoms with van der Waals surface area (Å²) in [4.78, 5) is 4.31. The molecule has 0 saturated heterocycles. The van der Waals surface area contributed by atoms with E-state index >= 15 is 0 Å². The Balaban J connectivity index is 2.23. The van der Waals surface area contributed by atoms with Crippen molar-refractivity contribution in [2.24, 2.45) is 0 Å². The molecule has 0 unspecified atom stereocenters. The molecule has 2 N–H and O–H groups in total. The highest BCUT2D eigenvalue weighted by atomic mass is 19.4. The first-order valence-corrected chi connectivity index (χ1v) is 5.80. The number of nitrogens with one attached hydrogen (secondary N) is 1. The first-order valence-electron chi connectivity index (χ1n) is 5.80. The maximum atomic E-state index is 12.3. The number of para-hydroxylation sites is 1. The maximum absolute atomic E-state index is 12.3. The van der Waals surface area contributed by atoms with Crippen molar-refractivity contribution in [3.05, 3.63) is 42.5 Å². The van der Waals surface area contributed by atoms with Crippen molar-refractivity contribution < 1.29 is 18.3 Å². The van der Waals surface area contributed by atoms with E-state index in [1.54, 1.807) is 24.3 Å². The fourth-order valence-electron chi connectivity index (χ4n) is 2.09. The number of phenolic OH excluding ortho intramolecular Hbond substituents is 1. The quantitative estimate of drug-likeness (QED) is 0.401. The first-order chi connectivity index (χ1) is 9.44. The van der Waals surface area contributed by atoms with Gasteiger partial charge in [-0.2, -0.15) is 13.2 Å². The first kappa shape index (κ1) is 12.5. The monoisotopic (exact) mass is 278 g/mol. The third-order valence-corrected chi connectivity index (χ3v) is 2.95. The van der Waals surface area contributed by atoms with Crippen LogP contribution in [0, 0.1) is 0 Å². The number of rotatable bonds is 1. The van der Waals surface area contributed by atoms with Gasteiger partial charge in [0.15, 0.2) is 0 Å². The predicted molar refractivity (Wildman–Crippen MR) is 70.6 cm³/mol. The summed E-state index contributed by atoms with van der Waals surface area (Å²) >= 11 is 0. The molecule has 0 aliphatic rings. The number of fused-ring (bicyclic) bond motifs is 2. The van der Waals surface area contributed by atoms with Crippen LogP contribution in [0.1, 0.15) is 0 Å². The van der Waals surface area contributed by atoms with Gasteiger partial charge in [0, 0.05) is 10.8 Å². The van der Waals surface area contributed by atoms with Crippen LogP contribution in [-0.4, -0.2) is 16.4 Å². The van der Waals surface area contributed by atoms with Crippen LogP contribution in [0.4, 0.5) is 18.9 Å². The lowest BCUT2D eigenvalue weighted by molar-refractivity contribution is -0.100. The van der Waals surface area contributed by atoms with Crippen LogP contribution in [0.2, 0.25) is 0 Å². The number of nitrogens with zero attached hydrogens (tertiary/aromatic N) is 1. The molecule has 3 nitrogen and oxygen atoms in total. The van der Waals surface area contributed by atoms with Crippen LogP contribution >= 0.6 is 0 Å². The van der Waals surface area contributed by atoms with Gasteiger partial charge in [0.25, 0.3) is 0 Å².